The van der Waals surface area contributed by atoms with Crippen molar-refractivity contribution < 1.29 is 0 Å². The van der Waals surface area contributed by atoms with Crippen LogP contribution in [0.1, 0.15) is 25.1 Å². The molecule has 0 amide bonds. The molecule has 90 valence electrons. The second kappa shape index (κ2) is 4.65. The summed E-state index contributed by atoms with van der Waals surface area (Å²) in [6.45, 7) is 1.07. The van der Waals surface area contributed by atoms with E-state index in [1.807, 2.05) is 18.5 Å². The van der Waals surface area contributed by atoms with Gasteiger partial charge in [-0.2, -0.15) is 0 Å². The second-order valence-corrected chi connectivity index (χ2v) is 5.09. The van der Waals surface area contributed by atoms with Gasteiger partial charge < -0.3 is 4.57 Å². The Labute approximate surface area is 106 Å². The number of nitrogens with zero attached hydrogens (tertiary/aromatic N) is 3. The number of aromatic nitrogens is 3. The van der Waals surface area contributed by atoms with Crippen LogP contribution in [0.3, 0.4) is 0 Å². The number of imidazole rings is 1. The number of fused-ring (bicyclic) bond motifs is 1. The van der Waals surface area contributed by atoms with E-state index in [1.165, 1.54) is 24.8 Å². The molecule has 0 bridgehead atoms. The van der Waals surface area contributed by atoms with Crippen molar-refractivity contribution in [3.8, 4) is 0 Å². The molecule has 0 aliphatic heterocycles. The first-order valence-corrected chi connectivity index (χ1v) is 6.77. The normalized spacial score (nSPS) is 15.6. The van der Waals surface area contributed by atoms with Crippen LogP contribution >= 0.6 is 11.6 Å². The van der Waals surface area contributed by atoms with E-state index in [0.717, 1.165) is 30.2 Å². The van der Waals surface area contributed by atoms with E-state index < -0.39 is 0 Å². The van der Waals surface area contributed by atoms with Gasteiger partial charge in [0.2, 0.25) is 0 Å². The molecule has 1 saturated carbocycles. The molecule has 3 rings (SSSR count). The topological polar surface area (TPSA) is 30.7 Å². The maximum atomic E-state index is 5.84. The van der Waals surface area contributed by atoms with Crippen LogP contribution in [0.25, 0.3) is 11.0 Å². The fourth-order valence-electron chi connectivity index (χ4n) is 2.27. The summed E-state index contributed by atoms with van der Waals surface area (Å²) in [5.74, 6) is 2.67. The number of pyridine rings is 1. The van der Waals surface area contributed by atoms with Gasteiger partial charge in [0.1, 0.15) is 11.3 Å². The van der Waals surface area contributed by atoms with Crippen molar-refractivity contribution in [1.82, 2.24) is 14.5 Å². The van der Waals surface area contributed by atoms with Crippen molar-refractivity contribution >= 4 is 22.6 Å². The Morgan fingerprint density at radius 1 is 1.41 bits per heavy atom. The molecule has 1 fully saturated rings. The van der Waals surface area contributed by atoms with Crippen LogP contribution in [0.15, 0.2) is 18.5 Å². The molecule has 0 atom stereocenters. The Morgan fingerprint density at radius 3 is 3.06 bits per heavy atom. The molecule has 0 aromatic carbocycles. The lowest BCUT2D eigenvalue weighted by Crippen LogP contribution is -2.05. The van der Waals surface area contributed by atoms with Crippen LogP contribution in [-0.4, -0.2) is 20.4 Å². The molecule has 0 N–H and O–H groups in total. The van der Waals surface area contributed by atoms with Crippen LogP contribution in [0, 0.1) is 5.92 Å². The standard InChI is InChI=1S/C13H16ClN3/c14-6-3-13-16-11-9-15-7-4-12(11)17(13)8-5-10-1-2-10/h4,7,9-10H,1-3,5-6,8H2. The number of halogens is 1. The molecular weight excluding hydrogens is 234 g/mol. The maximum Gasteiger partial charge on any atom is 0.111 e. The minimum absolute atomic E-state index is 0.625. The molecule has 1 aliphatic rings. The summed E-state index contributed by atoms with van der Waals surface area (Å²) in [5.41, 5.74) is 2.18. The molecule has 17 heavy (non-hydrogen) atoms. The third kappa shape index (κ3) is 2.29. The summed E-state index contributed by atoms with van der Waals surface area (Å²) in [5, 5.41) is 0. The van der Waals surface area contributed by atoms with Gasteiger partial charge in [-0.1, -0.05) is 12.8 Å². The van der Waals surface area contributed by atoms with E-state index >= 15 is 0 Å². The van der Waals surface area contributed by atoms with Crippen molar-refractivity contribution in [2.75, 3.05) is 5.88 Å². The quantitative estimate of drug-likeness (QED) is 0.763. The lowest BCUT2D eigenvalue weighted by Gasteiger charge is -2.07. The van der Waals surface area contributed by atoms with Crippen molar-refractivity contribution in [2.45, 2.75) is 32.2 Å². The van der Waals surface area contributed by atoms with E-state index in [1.54, 1.807) is 0 Å². The number of aryl methyl sites for hydroxylation is 2. The Kier molecular flexibility index (Phi) is 3.02. The van der Waals surface area contributed by atoms with Gasteiger partial charge in [-0.3, -0.25) is 4.98 Å². The molecule has 2 aromatic heterocycles. The minimum Gasteiger partial charge on any atom is -0.328 e. The number of alkyl halides is 1. The van der Waals surface area contributed by atoms with E-state index in [4.69, 9.17) is 11.6 Å². The lowest BCUT2D eigenvalue weighted by molar-refractivity contribution is 0.588. The molecule has 0 unspecified atom stereocenters. The predicted octanol–water partition coefficient (Wildman–Crippen LogP) is 3.01. The fraction of sp³-hybridized carbons (Fsp3) is 0.538. The molecule has 0 saturated heterocycles. The fourth-order valence-corrected chi connectivity index (χ4v) is 2.44. The smallest absolute Gasteiger partial charge is 0.111 e. The lowest BCUT2D eigenvalue weighted by atomic mass is 10.3. The average Bonchev–Trinajstić information content (AvgIpc) is 3.10. The zero-order valence-corrected chi connectivity index (χ0v) is 10.5. The van der Waals surface area contributed by atoms with Gasteiger partial charge in [0, 0.05) is 25.0 Å². The van der Waals surface area contributed by atoms with Crippen LogP contribution in [-0.2, 0) is 13.0 Å². The number of rotatable bonds is 5. The Morgan fingerprint density at radius 2 is 2.29 bits per heavy atom. The van der Waals surface area contributed by atoms with Crippen LogP contribution < -0.4 is 0 Å². The zero-order chi connectivity index (χ0) is 11.7. The van der Waals surface area contributed by atoms with Crippen LogP contribution in [0.2, 0.25) is 0 Å². The summed E-state index contributed by atoms with van der Waals surface area (Å²) in [4.78, 5) is 8.74. The van der Waals surface area contributed by atoms with Crippen molar-refractivity contribution in [2.24, 2.45) is 5.92 Å². The van der Waals surface area contributed by atoms with Crippen LogP contribution in [0.4, 0.5) is 0 Å². The van der Waals surface area contributed by atoms with E-state index in [9.17, 15) is 0 Å². The molecular formula is C13H16ClN3. The molecule has 2 aromatic rings. The Hall–Kier alpha value is -1.09. The first-order valence-electron chi connectivity index (χ1n) is 6.23. The molecule has 0 radical (unpaired) electrons. The van der Waals surface area contributed by atoms with Gasteiger partial charge in [-0.15, -0.1) is 11.6 Å². The molecule has 2 heterocycles. The van der Waals surface area contributed by atoms with Crippen molar-refractivity contribution in [1.29, 1.82) is 0 Å². The van der Waals surface area contributed by atoms with Gasteiger partial charge in [0.25, 0.3) is 0 Å². The molecule has 4 heteroatoms. The molecule has 0 spiro atoms. The maximum absolute atomic E-state index is 5.84. The number of hydrogen-bond acceptors (Lipinski definition) is 2. The summed E-state index contributed by atoms with van der Waals surface area (Å²) in [6, 6.07) is 2.05. The van der Waals surface area contributed by atoms with Gasteiger partial charge >= 0.3 is 0 Å². The highest BCUT2D eigenvalue weighted by Crippen LogP contribution is 2.33. The third-order valence-electron chi connectivity index (χ3n) is 3.41. The van der Waals surface area contributed by atoms with E-state index in [0.29, 0.717) is 5.88 Å². The zero-order valence-electron chi connectivity index (χ0n) is 9.77. The highest BCUT2D eigenvalue weighted by atomic mass is 35.5. The van der Waals surface area contributed by atoms with Gasteiger partial charge in [-0.05, 0) is 18.4 Å². The highest BCUT2D eigenvalue weighted by molar-refractivity contribution is 6.17. The summed E-state index contributed by atoms with van der Waals surface area (Å²) >= 11 is 5.84. The first-order chi connectivity index (χ1) is 8.38. The largest absolute Gasteiger partial charge is 0.328 e. The Balaban J connectivity index is 1.94. The molecule has 1 aliphatic carbocycles. The second-order valence-electron chi connectivity index (χ2n) is 4.72. The monoisotopic (exact) mass is 249 g/mol. The summed E-state index contributed by atoms with van der Waals surface area (Å²) in [7, 11) is 0. The van der Waals surface area contributed by atoms with Crippen LogP contribution in [0.5, 0.6) is 0 Å². The number of hydrogen-bond donors (Lipinski definition) is 0. The van der Waals surface area contributed by atoms with Gasteiger partial charge in [-0.25, -0.2) is 4.98 Å². The minimum atomic E-state index is 0.625. The molecule has 3 nitrogen and oxygen atoms in total. The van der Waals surface area contributed by atoms with Crippen molar-refractivity contribution in [3.63, 3.8) is 0 Å². The highest BCUT2D eigenvalue weighted by Gasteiger charge is 2.21. The average molecular weight is 250 g/mol. The third-order valence-corrected chi connectivity index (χ3v) is 3.59. The van der Waals surface area contributed by atoms with E-state index in [2.05, 4.69) is 14.5 Å². The first kappa shape index (κ1) is 11.0. The Bertz CT molecular complexity index is 516. The SMILES string of the molecule is ClCCc1nc2cnccc2n1CCC1CC1. The van der Waals surface area contributed by atoms with Gasteiger partial charge in [0.15, 0.2) is 0 Å². The summed E-state index contributed by atoms with van der Waals surface area (Å²) in [6.07, 6.45) is 8.57. The van der Waals surface area contributed by atoms with E-state index in [-0.39, 0.29) is 0 Å². The summed E-state index contributed by atoms with van der Waals surface area (Å²) < 4.78 is 2.32. The van der Waals surface area contributed by atoms with Gasteiger partial charge in [0.05, 0.1) is 11.7 Å². The van der Waals surface area contributed by atoms with Crippen molar-refractivity contribution in [3.05, 3.63) is 24.3 Å². The predicted molar refractivity (Wildman–Crippen MR) is 69.3 cm³/mol.